The Morgan fingerprint density at radius 1 is 1.22 bits per heavy atom. The molecule has 0 radical (unpaired) electrons. The molecule has 0 fully saturated rings. The largest absolute Gasteiger partial charge is 0.437 e. The van der Waals surface area contributed by atoms with Crippen LogP contribution >= 0.6 is 0 Å². The summed E-state index contributed by atoms with van der Waals surface area (Å²) in [6.45, 7) is 4.68. The molecule has 94 valence electrons. The van der Waals surface area contributed by atoms with Crippen LogP contribution in [0.5, 0.6) is 11.6 Å². The van der Waals surface area contributed by atoms with Crippen molar-refractivity contribution in [3.63, 3.8) is 0 Å². The second-order valence-electron chi connectivity index (χ2n) is 4.38. The molecule has 0 unspecified atom stereocenters. The molecule has 1 heterocycles. The molecular weight excluding hydrogens is 226 g/mol. The van der Waals surface area contributed by atoms with Crippen molar-refractivity contribution in [2.24, 2.45) is 5.73 Å². The van der Waals surface area contributed by atoms with Gasteiger partial charge in [0.05, 0.1) is 18.1 Å². The minimum Gasteiger partial charge on any atom is -0.437 e. The molecular formula is C14H17N3O. The molecule has 1 aromatic carbocycles. The lowest BCUT2D eigenvalue weighted by atomic mass is 10.0. The van der Waals surface area contributed by atoms with E-state index in [4.69, 9.17) is 10.5 Å². The lowest BCUT2D eigenvalue weighted by Crippen LogP contribution is -2.00. The summed E-state index contributed by atoms with van der Waals surface area (Å²) in [5.41, 5.74) is 7.45. The molecule has 0 saturated heterocycles. The van der Waals surface area contributed by atoms with E-state index in [1.807, 2.05) is 18.2 Å². The molecule has 4 heteroatoms. The van der Waals surface area contributed by atoms with Crippen LogP contribution in [0.4, 0.5) is 0 Å². The fraction of sp³-hybridized carbons (Fsp3) is 0.286. The van der Waals surface area contributed by atoms with Gasteiger partial charge in [0.25, 0.3) is 0 Å². The second kappa shape index (κ2) is 5.60. The Kier molecular flexibility index (Phi) is 3.89. The maximum atomic E-state index is 5.65. The first kappa shape index (κ1) is 12.5. The molecule has 1 aromatic heterocycles. The van der Waals surface area contributed by atoms with Crippen molar-refractivity contribution in [3.8, 4) is 11.6 Å². The molecule has 0 aliphatic heterocycles. The molecule has 18 heavy (non-hydrogen) atoms. The van der Waals surface area contributed by atoms with E-state index in [0.29, 0.717) is 18.3 Å². The molecule has 0 amide bonds. The number of ether oxygens (including phenoxy) is 1. The maximum absolute atomic E-state index is 5.65. The lowest BCUT2D eigenvalue weighted by Gasteiger charge is -2.08. The van der Waals surface area contributed by atoms with Gasteiger partial charge in [-0.1, -0.05) is 26.0 Å². The number of aromatic nitrogens is 2. The highest BCUT2D eigenvalue weighted by Gasteiger charge is 2.03. The van der Waals surface area contributed by atoms with Crippen molar-refractivity contribution in [1.82, 2.24) is 9.97 Å². The van der Waals surface area contributed by atoms with Crippen molar-refractivity contribution in [2.75, 3.05) is 0 Å². The summed E-state index contributed by atoms with van der Waals surface area (Å²) >= 11 is 0. The molecule has 0 aliphatic rings. The van der Waals surface area contributed by atoms with E-state index in [2.05, 4.69) is 29.9 Å². The van der Waals surface area contributed by atoms with Crippen LogP contribution in [0.1, 0.15) is 31.0 Å². The van der Waals surface area contributed by atoms with Crippen LogP contribution in [0.3, 0.4) is 0 Å². The lowest BCUT2D eigenvalue weighted by molar-refractivity contribution is 0.458. The Morgan fingerprint density at radius 3 is 2.67 bits per heavy atom. The fourth-order valence-electron chi connectivity index (χ4n) is 1.56. The average Bonchev–Trinajstić information content (AvgIpc) is 2.40. The van der Waals surface area contributed by atoms with E-state index in [1.54, 1.807) is 12.4 Å². The molecule has 2 aromatic rings. The van der Waals surface area contributed by atoms with Gasteiger partial charge in [0.15, 0.2) is 0 Å². The van der Waals surface area contributed by atoms with Crippen LogP contribution in [-0.4, -0.2) is 9.97 Å². The highest BCUT2D eigenvalue weighted by Crippen LogP contribution is 2.23. The zero-order chi connectivity index (χ0) is 13.0. The van der Waals surface area contributed by atoms with Gasteiger partial charge in [0.2, 0.25) is 5.88 Å². The van der Waals surface area contributed by atoms with E-state index in [-0.39, 0.29) is 0 Å². The number of benzene rings is 1. The van der Waals surface area contributed by atoms with Gasteiger partial charge in [-0.3, -0.25) is 4.98 Å². The van der Waals surface area contributed by atoms with Crippen LogP contribution in [0, 0.1) is 0 Å². The van der Waals surface area contributed by atoms with Crippen LogP contribution in [-0.2, 0) is 6.54 Å². The quantitative estimate of drug-likeness (QED) is 0.897. The summed E-state index contributed by atoms with van der Waals surface area (Å²) in [4.78, 5) is 8.29. The second-order valence-corrected chi connectivity index (χ2v) is 4.38. The van der Waals surface area contributed by atoms with Crippen molar-refractivity contribution in [2.45, 2.75) is 26.3 Å². The summed E-state index contributed by atoms with van der Waals surface area (Å²) in [6, 6.07) is 7.99. The molecule has 0 atom stereocenters. The smallest absolute Gasteiger partial charge is 0.237 e. The zero-order valence-electron chi connectivity index (χ0n) is 10.6. The van der Waals surface area contributed by atoms with E-state index in [9.17, 15) is 0 Å². The Labute approximate surface area is 107 Å². The Hall–Kier alpha value is -1.94. The van der Waals surface area contributed by atoms with Gasteiger partial charge in [-0.25, -0.2) is 4.98 Å². The summed E-state index contributed by atoms with van der Waals surface area (Å²) in [7, 11) is 0. The minimum atomic E-state index is 0.385. The standard InChI is InChI=1S/C14H17N3O/c1-10(2)11-4-3-5-13(6-11)18-14-9-16-12(7-15)8-17-14/h3-6,8-10H,7,15H2,1-2H3. The predicted octanol–water partition coefficient (Wildman–Crippen LogP) is 2.85. The van der Waals surface area contributed by atoms with Gasteiger partial charge in [0.1, 0.15) is 5.75 Å². The van der Waals surface area contributed by atoms with Crippen molar-refractivity contribution < 1.29 is 4.74 Å². The maximum Gasteiger partial charge on any atom is 0.237 e. The number of nitrogens with two attached hydrogens (primary N) is 1. The molecule has 0 bridgehead atoms. The first-order valence-corrected chi connectivity index (χ1v) is 5.98. The van der Waals surface area contributed by atoms with Gasteiger partial charge in [-0.05, 0) is 23.6 Å². The monoisotopic (exact) mass is 243 g/mol. The third-order valence-electron chi connectivity index (χ3n) is 2.64. The molecule has 0 saturated carbocycles. The zero-order valence-corrected chi connectivity index (χ0v) is 10.6. The van der Waals surface area contributed by atoms with Crippen LogP contribution in [0.15, 0.2) is 36.7 Å². The topological polar surface area (TPSA) is 61.0 Å². The van der Waals surface area contributed by atoms with E-state index in [1.165, 1.54) is 5.56 Å². The third-order valence-corrected chi connectivity index (χ3v) is 2.64. The third kappa shape index (κ3) is 3.05. The number of hydrogen-bond donors (Lipinski definition) is 1. The van der Waals surface area contributed by atoms with E-state index >= 15 is 0 Å². The highest BCUT2D eigenvalue weighted by atomic mass is 16.5. The van der Waals surface area contributed by atoms with Gasteiger partial charge in [-0.2, -0.15) is 0 Å². The minimum absolute atomic E-state index is 0.385. The Balaban J connectivity index is 2.15. The van der Waals surface area contributed by atoms with Crippen LogP contribution in [0.25, 0.3) is 0 Å². The van der Waals surface area contributed by atoms with E-state index < -0.39 is 0 Å². The molecule has 2 N–H and O–H groups in total. The summed E-state index contributed by atoms with van der Waals surface area (Å²) < 4.78 is 5.65. The van der Waals surface area contributed by atoms with Gasteiger partial charge < -0.3 is 10.5 Å². The van der Waals surface area contributed by atoms with E-state index in [0.717, 1.165) is 11.4 Å². The first-order chi connectivity index (χ1) is 8.69. The summed E-state index contributed by atoms with van der Waals surface area (Å²) in [6.07, 6.45) is 3.21. The van der Waals surface area contributed by atoms with Crippen molar-refractivity contribution in [3.05, 3.63) is 47.9 Å². The highest BCUT2D eigenvalue weighted by molar-refractivity contribution is 5.32. The SMILES string of the molecule is CC(C)c1cccc(Oc2cnc(CN)cn2)c1. The van der Waals surface area contributed by atoms with Gasteiger partial charge in [0, 0.05) is 6.54 Å². The van der Waals surface area contributed by atoms with Crippen molar-refractivity contribution >= 4 is 0 Å². The first-order valence-electron chi connectivity index (χ1n) is 5.98. The van der Waals surface area contributed by atoms with Crippen LogP contribution in [0.2, 0.25) is 0 Å². The van der Waals surface area contributed by atoms with Gasteiger partial charge >= 0.3 is 0 Å². The Bertz CT molecular complexity index is 509. The number of rotatable bonds is 4. The Morgan fingerprint density at radius 2 is 2.06 bits per heavy atom. The predicted molar refractivity (Wildman–Crippen MR) is 70.5 cm³/mol. The number of hydrogen-bond acceptors (Lipinski definition) is 4. The fourth-order valence-corrected chi connectivity index (χ4v) is 1.56. The molecule has 4 nitrogen and oxygen atoms in total. The summed E-state index contributed by atoms with van der Waals surface area (Å²) in [5.74, 6) is 1.73. The molecule has 0 spiro atoms. The van der Waals surface area contributed by atoms with Gasteiger partial charge in [-0.15, -0.1) is 0 Å². The average molecular weight is 243 g/mol. The molecule has 2 rings (SSSR count). The summed E-state index contributed by atoms with van der Waals surface area (Å²) in [5, 5.41) is 0. The normalized spacial score (nSPS) is 10.7. The van der Waals surface area contributed by atoms with Crippen molar-refractivity contribution in [1.29, 1.82) is 0 Å². The van der Waals surface area contributed by atoms with Crippen LogP contribution < -0.4 is 10.5 Å². The number of nitrogens with zero attached hydrogens (tertiary/aromatic N) is 2. The molecule has 0 aliphatic carbocycles.